The average Bonchev–Trinajstić information content (AvgIpc) is 3.11. The molecule has 52 heavy (non-hydrogen) atoms. The fraction of sp³-hybridized carbons (Fsp3) is 0.953. The highest BCUT2D eigenvalue weighted by atomic mass is 19.4. The molecule has 0 aromatic carbocycles. The summed E-state index contributed by atoms with van der Waals surface area (Å²) in [6.07, 6.45) is 26.3. The van der Waals surface area contributed by atoms with Crippen molar-refractivity contribution in [2.75, 3.05) is 32.8 Å². The van der Waals surface area contributed by atoms with Crippen LogP contribution in [0.1, 0.15) is 219 Å². The Hall–Kier alpha value is -1.35. The number of ether oxygens (including phenoxy) is 2. The van der Waals surface area contributed by atoms with Gasteiger partial charge in [0, 0.05) is 32.4 Å². The molecule has 1 atom stereocenters. The highest BCUT2D eigenvalue weighted by Crippen LogP contribution is 2.23. The van der Waals surface area contributed by atoms with Crippen molar-refractivity contribution >= 4 is 11.9 Å². The highest BCUT2D eigenvalue weighted by Gasteiger charge is 2.25. The molecule has 0 fully saturated rings. The number of hydrogen-bond donors (Lipinski definition) is 1. The summed E-state index contributed by atoms with van der Waals surface area (Å²) in [5, 5.41) is 9.35. The molecule has 0 saturated heterocycles. The van der Waals surface area contributed by atoms with E-state index < -0.39 is 12.6 Å². The second kappa shape index (κ2) is 37.9. The molecule has 9 heteroatoms. The van der Waals surface area contributed by atoms with E-state index in [-0.39, 0.29) is 31.1 Å². The van der Waals surface area contributed by atoms with Crippen LogP contribution in [0.3, 0.4) is 0 Å². The van der Waals surface area contributed by atoms with E-state index >= 15 is 0 Å². The molecule has 0 radical (unpaired) electrons. The average molecular weight is 750 g/mol. The van der Waals surface area contributed by atoms with Crippen molar-refractivity contribution in [3.05, 3.63) is 0 Å². The van der Waals surface area contributed by atoms with Gasteiger partial charge in [0.05, 0.1) is 6.61 Å². The number of nitrogens with zero attached hydrogens (tertiary/aromatic N) is 1. The molecule has 0 aliphatic heterocycles. The van der Waals surface area contributed by atoms with Gasteiger partial charge >= 0.3 is 18.1 Å². The quantitative estimate of drug-likeness (QED) is 0.0496. The maximum Gasteiger partial charge on any atom is 0.389 e. The first-order valence-electron chi connectivity index (χ1n) is 22.0. The lowest BCUT2D eigenvalue weighted by atomic mass is 10.0. The van der Waals surface area contributed by atoms with Crippen molar-refractivity contribution in [2.24, 2.45) is 0 Å². The largest absolute Gasteiger partial charge is 0.466 e. The van der Waals surface area contributed by atoms with E-state index in [9.17, 15) is 27.9 Å². The third-order valence-corrected chi connectivity index (χ3v) is 10.0. The highest BCUT2D eigenvalue weighted by molar-refractivity contribution is 5.69. The van der Waals surface area contributed by atoms with Crippen molar-refractivity contribution < 1.29 is 37.3 Å². The summed E-state index contributed by atoms with van der Waals surface area (Å²) in [7, 11) is 0. The van der Waals surface area contributed by atoms with Gasteiger partial charge in [-0.25, -0.2) is 0 Å². The Morgan fingerprint density at radius 1 is 0.538 bits per heavy atom. The molecule has 0 amide bonds. The molecule has 0 aliphatic rings. The van der Waals surface area contributed by atoms with Gasteiger partial charge in [-0.2, -0.15) is 13.2 Å². The molecular formula is C43H82F3NO5. The van der Waals surface area contributed by atoms with Crippen LogP contribution in [0.4, 0.5) is 13.2 Å². The number of hydrogen-bond acceptors (Lipinski definition) is 6. The molecule has 0 bridgehead atoms. The third kappa shape index (κ3) is 38.4. The standard InChI is InChI=1S/C43H82F3NO5/c1-3-5-7-9-15-22-31-40(30-21-8-6-4-2)52-42(50)33-23-16-14-18-26-35-47(37-29-38-48)36-27-20-24-32-41(49)51-39-28-19-13-11-10-12-17-25-34-43(44,45)46/h40,48H,3-39H2,1-2H3. The molecule has 0 aliphatic carbocycles. The number of aliphatic hydroxyl groups excluding tert-OH is 1. The van der Waals surface area contributed by atoms with Crippen LogP contribution in [0.25, 0.3) is 0 Å². The molecule has 0 aromatic heterocycles. The van der Waals surface area contributed by atoms with Crippen LogP contribution < -0.4 is 0 Å². The summed E-state index contributed by atoms with van der Waals surface area (Å²) in [5.41, 5.74) is 0. The smallest absolute Gasteiger partial charge is 0.389 e. The maximum absolute atomic E-state index is 12.6. The summed E-state index contributed by atoms with van der Waals surface area (Å²) in [6, 6.07) is 0. The first kappa shape index (κ1) is 50.6. The van der Waals surface area contributed by atoms with Gasteiger partial charge in [0.1, 0.15) is 6.10 Å². The summed E-state index contributed by atoms with van der Waals surface area (Å²) in [5.74, 6) is -0.149. The summed E-state index contributed by atoms with van der Waals surface area (Å²) >= 11 is 0. The molecule has 0 rings (SSSR count). The van der Waals surface area contributed by atoms with Crippen LogP contribution in [-0.2, 0) is 19.1 Å². The van der Waals surface area contributed by atoms with Gasteiger partial charge in [-0.1, -0.05) is 129 Å². The van der Waals surface area contributed by atoms with Crippen LogP contribution in [0.15, 0.2) is 0 Å². The molecule has 1 N–H and O–H groups in total. The van der Waals surface area contributed by atoms with Gasteiger partial charge in [-0.15, -0.1) is 0 Å². The van der Waals surface area contributed by atoms with E-state index in [0.29, 0.717) is 25.9 Å². The Morgan fingerprint density at radius 2 is 0.962 bits per heavy atom. The molecule has 0 aromatic rings. The van der Waals surface area contributed by atoms with Crippen LogP contribution in [0, 0.1) is 0 Å². The van der Waals surface area contributed by atoms with Crippen molar-refractivity contribution in [3.63, 3.8) is 0 Å². The van der Waals surface area contributed by atoms with E-state index in [1.807, 2.05) is 0 Å². The van der Waals surface area contributed by atoms with E-state index in [4.69, 9.17) is 9.47 Å². The fourth-order valence-corrected chi connectivity index (χ4v) is 6.75. The molecule has 310 valence electrons. The monoisotopic (exact) mass is 750 g/mol. The zero-order valence-electron chi connectivity index (χ0n) is 33.9. The first-order valence-corrected chi connectivity index (χ1v) is 22.0. The lowest BCUT2D eigenvalue weighted by Gasteiger charge is -2.22. The molecule has 6 nitrogen and oxygen atoms in total. The number of rotatable bonds is 40. The zero-order chi connectivity index (χ0) is 38.4. The minimum atomic E-state index is -4.04. The molecule has 0 spiro atoms. The SMILES string of the molecule is CCCCCCCCC(CCCCCC)OC(=O)CCCCCCCN(CCCO)CCCCCC(=O)OCCCCCCCCCCC(F)(F)F. The van der Waals surface area contributed by atoms with E-state index in [1.165, 1.54) is 51.4 Å². The predicted octanol–water partition coefficient (Wildman–Crippen LogP) is 12.8. The number of halogens is 3. The number of unbranched alkanes of at least 4 members (excludes halogenated alkanes) is 21. The van der Waals surface area contributed by atoms with Gasteiger partial charge in [0.25, 0.3) is 0 Å². The lowest BCUT2D eigenvalue weighted by Crippen LogP contribution is -2.28. The van der Waals surface area contributed by atoms with E-state index in [2.05, 4.69) is 18.7 Å². The maximum atomic E-state index is 12.6. The molecule has 0 heterocycles. The van der Waals surface area contributed by atoms with Crippen molar-refractivity contribution in [3.8, 4) is 0 Å². The van der Waals surface area contributed by atoms with Gasteiger partial charge in [-0.05, 0) is 83.7 Å². The minimum absolute atomic E-state index is 0.0151. The van der Waals surface area contributed by atoms with Crippen molar-refractivity contribution in [1.29, 1.82) is 0 Å². The van der Waals surface area contributed by atoms with E-state index in [0.717, 1.165) is 142 Å². The fourth-order valence-electron chi connectivity index (χ4n) is 6.75. The molecular weight excluding hydrogens is 667 g/mol. The van der Waals surface area contributed by atoms with Crippen LogP contribution in [-0.4, -0.2) is 67.1 Å². The topological polar surface area (TPSA) is 76.1 Å². The third-order valence-electron chi connectivity index (χ3n) is 10.0. The normalized spacial score (nSPS) is 12.4. The van der Waals surface area contributed by atoms with Crippen LogP contribution in [0.5, 0.6) is 0 Å². The lowest BCUT2D eigenvalue weighted by molar-refractivity contribution is -0.150. The van der Waals surface area contributed by atoms with Gasteiger partial charge in [0.15, 0.2) is 0 Å². The summed E-state index contributed by atoms with van der Waals surface area (Å²) in [6.45, 7) is 7.99. The van der Waals surface area contributed by atoms with Gasteiger partial charge < -0.3 is 19.5 Å². The number of aliphatic hydroxyl groups is 1. The summed E-state index contributed by atoms with van der Waals surface area (Å²) in [4.78, 5) is 27.1. The molecule has 1 unspecified atom stereocenters. The van der Waals surface area contributed by atoms with Crippen LogP contribution in [0.2, 0.25) is 0 Å². The second-order valence-corrected chi connectivity index (χ2v) is 15.2. The summed E-state index contributed by atoms with van der Waals surface area (Å²) < 4.78 is 47.8. The van der Waals surface area contributed by atoms with E-state index in [1.54, 1.807) is 0 Å². The Kier molecular flexibility index (Phi) is 37.0. The van der Waals surface area contributed by atoms with Gasteiger partial charge in [0.2, 0.25) is 0 Å². The minimum Gasteiger partial charge on any atom is -0.466 e. The Balaban J connectivity index is 3.95. The zero-order valence-corrected chi connectivity index (χ0v) is 33.9. The predicted molar refractivity (Wildman–Crippen MR) is 210 cm³/mol. The molecule has 0 saturated carbocycles. The Morgan fingerprint density at radius 3 is 1.52 bits per heavy atom. The number of carbonyl (C=O) groups is 2. The first-order chi connectivity index (χ1) is 25.2. The second-order valence-electron chi connectivity index (χ2n) is 15.2. The number of carbonyl (C=O) groups excluding carboxylic acids is 2. The Labute approximate surface area is 318 Å². The van der Waals surface area contributed by atoms with Gasteiger partial charge in [-0.3, -0.25) is 9.59 Å². The number of esters is 2. The number of alkyl halides is 3. The van der Waals surface area contributed by atoms with Crippen molar-refractivity contribution in [1.82, 2.24) is 4.90 Å². The van der Waals surface area contributed by atoms with Crippen molar-refractivity contribution in [2.45, 2.75) is 232 Å². The Bertz CT molecular complexity index is 782. The van der Waals surface area contributed by atoms with Crippen LogP contribution >= 0.6 is 0 Å².